The maximum atomic E-state index is 14.1. The van der Waals surface area contributed by atoms with Crippen molar-refractivity contribution in [2.45, 2.75) is 24.4 Å². The number of rotatable bonds is 3. The number of Topliss-reactive ketones (excluding diaryl/α,β-unsaturated/α-hetero) is 2. The summed E-state index contributed by atoms with van der Waals surface area (Å²) in [6, 6.07) is 18.9. The van der Waals surface area contributed by atoms with Crippen LogP contribution in [0.4, 0.5) is 15.8 Å². The molecule has 0 bridgehead atoms. The van der Waals surface area contributed by atoms with Gasteiger partial charge in [-0.3, -0.25) is 14.4 Å². The van der Waals surface area contributed by atoms with Crippen LogP contribution in [0.3, 0.4) is 0 Å². The lowest BCUT2D eigenvalue weighted by Gasteiger charge is -2.36. The Bertz CT molecular complexity index is 1400. The normalized spacial score (nSPS) is 26.1. The third-order valence-corrected chi connectivity index (χ3v) is 7.34. The van der Waals surface area contributed by atoms with Crippen molar-refractivity contribution < 1.29 is 18.8 Å². The van der Waals surface area contributed by atoms with Crippen molar-refractivity contribution in [3.63, 3.8) is 0 Å². The number of fused-ring (bicyclic) bond motifs is 5. The summed E-state index contributed by atoms with van der Waals surface area (Å²) in [5.41, 5.74) is 1.84. The highest BCUT2D eigenvalue weighted by Crippen LogP contribution is 2.57. The van der Waals surface area contributed by atoms with E-state index in [-0.39, 0.29) is 17.5 Å². The first-order valence-corrected chi connectivity index (χ1v) is 11.2. The summed E-state index contributed by atoms with van der Waals surface area (Å²) in [7, 11) is 0. The van der Waals surface area contributed by atoms with Gasteiger partial charge in [0.25, 0.3) is 0 Å². The minimum atomic E-state index is -1.43. The van der Waals surface area contributed by atoms with E-state index in [2.05, 4.69) is 5.32 Å². The number of halogens is 1. The molecule has 1 saturated heterocycles. The number of amides is 1. The van der Waals surface area contributed by atoms with Crippen LogP contribution in [0, 0.1) is 11.7 Å². The second kappa shape index (κ2) is 7.22. The molecule has 0 saturated carbocycles. The molecule has 34 heavy (non-hydrogen) atoms. The van der Waals surface area contributed by atoms with E-state index in [1.165, 1.54) is 31.2 Å². The van der Waals surface area contributed by atoms with E-state index in [1.54, 1.807) is 6.07 Å². The maximum Gasteiger partial charge on any atom is 0.238 e. The topological polar surface area (TPSA) is 66.5 Å². The second-order valence-electron chi connectivity index (χ2n) is 9.05. The van der Waals surface area contributed by atoms with Crippen molar-refractivity contribution in [3.8, 4) is 0 Å². The van der Waals surface area contributed by atoms with E-state index >= 15 is 0 Å². The summed E-state index contributed by atoms with van der Waals surface area (Å²) < 4.78 is 13.6. The predicted molar refractivity (Wildman–Crippen MR) is 127 cm³/mol. The number of nitrogens with one attached hydrogen (secondary N) is 1. The van der Waals surface area contributed by atoms with Gasteiger partial charge in [-0.05, 0) is 54.4 Å². The zero-order valence-electron chi connectivity index (χ0n) is 18.4. The van der Waals surface area contributed by atoms with Crippen LogP contribution in [0.15, 0.2) is 78.9 Å². The van der Waals surface area contributed by atoms with Crippen molar-refractivity contribution in [2.24, 2.45) is 5.92 Å². The van der Waals surface area contributed by atoms with E-state index in [0.717, 1.165) is 11.3 Å². The van der Waals surface area contributed by atoms with Gasteiger partial charge in [0.05, 0.1) is 12.0 Å². The molecule has 5 nitrogen and oxygen atoms in total. The molecule has 3 aromatic carbocycles. The van der Waals surface area contributed by atoms with Crippen molar-refractivity contribution in [1.29, 1.82) is 0 Å². The number of carbonyl (C=O) groups excluding carboxylic acids is 3. The summed E-state index contributed by atoms with van der Waals surface area (Å²) in [6.45, 7) is 1.48. The molecule has 1 spiro atoms. The Labute approximate surface area is 195 Å². The first kappa shape index (κ1) is 20.5. The third kappa shape index (κ3) is 2.56. The average molecular weight is 452 g/mol. The van der Waals surface area contributed by atoms with Crippen molar-refractivity contribution in [2.75, 3.05) is 10.2 Å². The SMILES string of the molecule is CC(=O)[C@@H]1N2c3ccccc3C=C[C@@H]2[C@H](C(=O)c2ccc(F)cc2)[C@]12C(=O)Nc1ccccc12. The van der Waals surface area contributed by atoms with Crippen LogP contribution in [0.2, 0.25) is 0 Å². The Morgan fingerprint density at radius 2 is 1.68 bits per heavy atom. The Balaban J connectivity index is 1.66. The highest BCUT2D eigenvalue weighted by atomic mass is 19.1. The van der Waals surface area contributed by atoms with Gasteiger partial charge >= 0.3 is 0 Å². The lowest BCUT2D eigenvalue weighted by Crippen LogP contribution is -2.54. The number of benzene rings is 3. The molecule has 4 atom stereocenters. The van der Waals surface area contributed by atoms with Crippen LogP contribution in [0.25, 0.3) is 6.08 Å². The summed E-state index contributed by atoms with van der Waals surface area (Å²) >= 11 is 0. The number of nitrogens with zero attached hydrogens (tertiary/aromatic N) is 1. The lowest BCUT2D eigenvalue weighted by molar-refractivity contribution is -0.127. The van der Waals surface area contributed by atoms with Crippen LogP contribution in [-0.2, 0) is 15.0 Å². The van der Waals surface area contributed by atoms with Crippen molar-refractivity contribution in [1.82, 2.24) is 0 Å². The molecule has 0 unspecified atom stereocenters. The van der Waals surface area contributed by atoms with Gasteiger partial charge in [0, 0.05) is 16.9 Å². The first-order chi connectivity index (χ1) is 16.4. The lowest BCUT2D eigenvalue weighted by atomic mass is 9.64. The van der Waals surface area contributed by atoms with Gasteiger partial charge < -0.3 is 10.2 Å². The summed E-state index contributed by atoms with van der Waals surface area (Å²) in [4.78, 5) is 43.3. The molecule has 6 heteroatoms. The molecule has 1 N–H and O–H groups in total. The van der Waals surface area contributed by atoms with Gasteiger partial charge in [0.15, 0.2) is 11.6 Å². The van der Waals surface area contributed by atoms with Crippen molar-refractivity contribution >= 4 is 34.9 Å². The molecular weight excluding hydrogens is 431 g/mol. The molecule has 3 heterocycles. The van der Waals surface area contributed by atoms with E-state index in [0.29, 0.717) is 16.8 Å². The summed E-state index contributed by atoms with van der Waals surface area (Å²) in [5, 5.41) is 2.94. The Kier molecular flexibility index (Phi) is 4.36. The quantitative estimate of drug-likeness (QED) is 0.599. The fourth-order valence-electron chi connectivity index (χ4n) is 6.11. The first-order valence-electron chi connectivity index (χ1n) is 11.2. The minimum absolute atomic E-state index is 0.198. The number of hydrogen-bond acceptors (Lipinski definition) is 4. The molecule has 0 aliphatic carbocycles. The monoisotopic (exact) mass is 452 g/mol. The molecule has 3 aromatic rings. The number of anilines is 2. The smallest absolute Gasteiger partial charge is 0.238 e. The van der Waals surface area contributed by atoms with E-state index in [1.807, 2.05) is 59.5 Å². The molecule has 0 aromatic heterocycles. The fourth-order valence-corrected chi connectivity index (χ4v) is 6.11. The molecule has 3 aliphatic heterocycles. The van der Waals surface area contributed by atoms with Crippen LogP contribution in [0.5, 0.6) is 0 Å². The highest BCUT2D eigenvalue weighted by Gasteiger charge is 2.70. The Morgan fingerprint density at radius 3 is 2.44 bits per heavy atom. The van der Waals surface area contributed by atoms with Gasteiger partial charge in [-0.2, -0.15) is 0 Å². The Hall–Kier alpha value is -4.06. The zero-order chi connectivity index (χ0) is 23.6. The van der Waals surface area contributed by atoms with Gasteiger partial charge in [-0.15, -0.1) is 0 Å². The average Bonchev–Trinajstić information content (AvgIpc) is 3.32. The summed E-state index contributed by atoms with van der Waals surface area (Å²) in [6.07, 6.45) is 3.85. The Morgan fingerprint density at radius 1 is 0.971 bits per heavy atom. The summed E-state index contributed by atoms with van der Waals surface area (Å²) in [5.74, 6) is -2.20. The maximum absolute atomic E-state index is 14.1. The standard InChI is InChI=1S/C28H21FN2O3/c1-16(32)26-28(20-7-3-4-8-21(20)30-27(28)34)24(25(33)18-10-13-19(29)14-11-18)23-15-12-17-6-2-5-9-22(17)31(23)26/h2-15,23-24,26H,1H3,(H,30,34)/t23-,24-,26+,28+/m1/s1. The molecular formula is C28H21FN2O3. The van der Waals surface area contributed by atoms with E-state index in [9.17, 15) is 18.8 Å². The molecule has 1 fully saturated rings. The molecule has 3 aliphatic rings. The fraction of sp³-hybridized carbons (Fsp3) is 0.179. The number of ketones is 2. The largest absolute Gasteiger partial charge is 0.352 e. The van der Waals surface area contributed by atoms with Crippen LogP contribution < -0.4 is 10.2 Å². The molecule has 168 valence electrons. The second-order valence-corrected chi connectivity index (χ2v) is 9.05. The van der Waals surface area contributed by atoms with Crippen LogP contribution >= 0.6 is 0 Å². The van der Waals surface area contributed by atoms with Crippen LogP contribution in [-0.4, -0.2) is 29.6 Å². The van der Waals surface area contributed by atoms with Gasteiger partial charge in [-0.1, -0.05) is 48.6 Å². The predicted octanol–water partition coefficient (Wildman–Crippen LogP) is 4.39. The number of carbonyl (C=O) groups is 3. The zero-order valence-corrected chi connectivity index (χ0v) is 18.4. The van der Waals surface area contributed by atoms with Gasteiger partial charge in [-0.25, -0.2) is 4.39 Å². The van der Waals surface area contributed by atoms with Gasteiger partial charge in [0.2, 0.25) is 5.91 Å². The molecule has 6 rings (SSSR count). The van der Waals surface area contributed by atoms with E-state index < -0.39 is 29.2 Å². The molecule has 0 radical (unpaired) electrons. The van der Waals surface area contributed by atoms with Crippen LogP contribution in [0.1, 0.15) is 28.4 Å². The van der Waals surface area contributed by atoms with Gasteiger partial charge in [0.1, 0.15) is 17.3 Å². The third-order valence-electron chi connectivity index (χ3n) is 7.34. The number of para-hydroxylation sites is 2. The number of hydrogen-bond donors (Lipinski definition) is 1. The van der Waals surface area contributed by atoms with Crippen molar-refractivity contribution in [3.05, 3.63) is 101 Å². The van der Waals surface area contributed by atoms with E-state index in [4.69, 9.17) is 0 Å². The minimum Gasteiger partial charge on any atom is -0.352 e. The molecule has 1 amide bonds. The highest BCUT2D eigenvalue weighted by molar-refractivity contribution is 6.17.